The topological polar surface area (TPSA) is 6.48 Å². The fraction of sp³-hybridized carbons (Fsp3) is 0.667. The fourth-order valence-electron chi connectivity index (χ4n) is 1.09. The van der Waals surface area contributed by atoms with Gasteiger partial charge in [0.05, 0.1) is 0 Å². The van der Waals surface area contributed by atoms with Gasteiger partial charge >= 0.3 is 51.4 Å². The summed E-state index contributed by atoms with van der Waals surface area (Å²) in [4.78, 5) is 4.11. The molecule has 0 aliphatic carbocycles. The molecule has 0 saturated carbocycles. The molecule has 0 aromatic carbocycles. The van der Waals surface area contributed by atoms with Crippen LogP contribution in [0, 0.1) is 0 Å². The maximum atomic E-state index is 4.94. The molecule has 0 unspecified atom stereocenters. The van der Waals surface area contributed by atoms with E-state index in [9.17, 15) is 0 Å². The van der Waals surface area contributed by atoms with E-state index in [1.807, 2.05) is 0 Å². The first-order chi connectivity index (χ1) is 5.61. The molecule has 7 heteroatoms. The van der Waals surface area contributed by atoms with Crippen LogP contribution in [0.5, 0.6) is 0 Å². The minimum Gasteiger partial charge on any atom is -1.00 e. The van der Waals surface area contributed by atoms with Crippen LogP contribution in [0.2, 0.25) is 0 Å². The van der Waals surface area contributed by atoms with Crippen LogP contribution in [0.1, 0.15) is 1.43 Å². The Morgan fingerprint density at radius 1 is 0.923 bits per heavy atom. The predicted molar refractivity (Wildman–Crippen MR) is 67.4 cm³/mol. The molecule has 0 radical (unpaired) electrons. The van der Waals surface area contributed by atoms with Crippen molar-refractivity contribution in [3.63, 3.8) is 0 Å². The molecule has 0 bridgehead atoms. The Bertz CT molecular complexity index is 186. The Kier molecular flexibility index (Phi) is 8.60. The van der Waals surface area contributed by atoms with Crippen LogP contribution >= 0.6 is 49.7 Å². The van der Waals surface area contributed by atoms with Gasteiger partial charge in [0, 0.05) is 26.2 Å². The maximum absolute atomic E-state index is 4.94. The average molecular weight is 279 g/mol. The summed E-state index contributed by atoms with van der Waals surface area (Å²) in [5, 5.41) is 0. The van der Waals surface area contributed by atoms with Gasteiger partial charge in [-0.25, -0.2) is 0 Å². The van der Waals surface area contributed by atoms with Crippen LogP contribution in [0.15, 0.2) is 0 Å². The van der Waals surface area contributed by atoms with E-state index < -0.39 is 0 Å². The van der Waals surface area contributed by atoms with Gasteiger partial charge < -0.3 is 11.2 Å². The zero-order chi connectivity index (χ0) is 9.14. The zero-order valence-corrected chi connectivity index (χ0v) is 14.0. The van der Waals surface area contributed by atoms with Crippen molar-refractivity contribution in [3.8, 4) is 0 Å². The summed E-state index contributed by atoms with van der Waals surface area (Å²) in [6, 6.07) is 0. The maximum Gasteiger partial charge on any atom is 1.00 e. The van der Waals surface area contributed by atoms with Gasteiger partial charge in [0.25, 0.3) is 0 Å². The normalized spacial score (nSPS) is 16.5. The molecule has 1 saturated heterocycles. The number of hydrogen-bond acceptors (Lipinski definition) is 2. The first-order valence-corrected chi connectivity index (χ1v) is 5.28. The first kappa shape index (κ1) is 15.1. The molecular formula is C6H11KN2S4. The fourth-order valence-corrected chi connectivity index (χ4v) is 1.85. The number of thiocarbonyl (C=S) groups is 2. The second-order valence-electron chi connectivity index (χ2n) is 2.54. The molecule has 0 amide bonds. The largest absolute Gasteiger partial charge is 1.00 e. The van der Waals surface area contributed by atoms with Crippen molar-refractivity contribution in [1.82, 2.24) is 9.80 Å². The molecule has 2 nitrogen and oxygen atoms in total. The Balaban J connectivity index is 0. The molecule has 0 aromatic heterocycles. The number of piperazine rings is 1. The third-order valence-corrected chi connectivity index (χ3v) is 2.90. The summed E-state index contributed by atoms with van der Waals surface area (Å²) in [6.45, 7) is 3.57. The quantitative estimate of drug-likeness (QED) is 0.305. The number of nitrogens with zero attached hydrogens (tertiary/aromatic N) is 2. The number of thiol groups is 2. The Morgan fingerprint density at radius 2 is 1.15 bits per heavy atom. The average Bonchev–Trinajstić information content (AvgIpc) is 2.04. The van der Waals surface area contributed by atoms with Gasteiger partial charge in [0.2, 0.25) is 0 Å². The number of rotatable bonds is 0. The molecule has 1 fully saturated rings. The number of hydrogen-bond donors (Lipinski definition) is 2. The molecule has 1 aliphatic rings. The second-order valence-corrected chi connectivity index (χ2v) is 4.76. The summed E-state index contributed by atoms with van der Waals surface area (Å²) < 4.78 is 1.33. The van der Waals surface area contributed by atoms with Gasteiger partial charge in [-0.3, -0.25) is 0 Å². The van der Waals surface area contributed by atoms with Gasteiger partial charge in [-0.15, -0.1) is 25.3 Å². The third kappa shape index (κ3) is 5.12. The van der Waals surface area contributed by atoms with E-state index in [1.54, 1.807) is 0 Å². The van der Waals surface area contributed by atoms with Crippen molar-refractivity contribution in [1.29, 1.82) is 0 Å². The van der Waals surface area contributed by atoms with E-state index >= 15 is 0 Å². The molecule has 0 aromatic rings. The van der Waals surface area contributed by atoms with E-state index in [4.69, 9.17) is 24.4 Å². The standard InChI is InChI=1S/C6H10N2S4.K.H/c9-5(10)7-1-2-8(4-3-7)6(11)12;;/h1-4H2,(H,9,10)(H,11,12);;/q;+1;-1. The van der Waals surface area contributed by atoms with E-state index in [1.165, 1.54) is 0 Å². The molecule has 1 aliphatic heterocycles. The summed E-state index contributed by atoms with van der Waals surface area (Å²) >= 11 is 18.1. The van der Waals surface area contributed by atoms with Gasteiger partial charge in [0.1, 0.15) is 8.64 Å². The van der Waals surface area contributed by atoms with Crippen molar-refractivity contribution in [2.45, 2.75) is 0 Å². The van der Waals surface area contributed by atoms with E-state index in [0.29, 0.717) is 8.64 Å². The summed E-state index contributed by atoms with van der Waals surface area (Å²) in [5.74, 6) is 0. The monoisotopic (exact) mass is 278 g/mol. The first-order valence-electron chi connectivity index (χ1n) is 3.57. The molecule has 1 rings (SSSR count). The molecule has 1 heterocycles. The SMILES string of the molecule is S=C(S)N1CCN(C(=S)S)CC1.[H-].[K+]. The van der Waals surface area contributed by atoms with Gasteiger partial charge in [-0.1, -0.05) is 24.4 Å². The van der Waals surface area contributed by atoms with Crippen LogP contribution in [0.4, 0.5) is 0 Å². The molecule has 13 heavy (non-hydrogen) atoms. The van der Waals surface area contributed by atoms with Crippen molar-refractivity contribution >= 4 is 58.3 Å². The van der Waals surface area contributed by atoms with E-state index in [-0.39, 0.29) is 52.8 Å². The Labute approximate surface area is 145 Å². The van der Waals surface area contributed by atoms with E-state index in [2.05, 4.69) is 35.1 Å². The minimum atomic E-state index is 0. The van der Waals surface area contributed by atoms with Crippen molar-refractivity contribution in [2.24, 2.45) is 0 Å². The zero-order valence-electron chi connectivity index (χ0n) is 8.43. The molecule has 0 spiro atoms. The molecule has 70 valence electrons. The Morgan fingerprint density at radius 3 is 1.31 bits per heavy atom. The summed E-state index contributed by atoms with van der Waals surface area (Å²) in [5.41, 5.74) is 0. The molecule has 0 N–H and O–H groups in total. The summed E-state index contributed by atoms with van der Waals surface area (Å²) in [7, 11) is 0. The van der Waals surface area contributed by atoms with Crippen molar-refractivity contribution < 1.29 is 52.8 Å². The summed E-state index contributed by atoms with van der Waals surface area (Å²) in [6.07, 6.45) is 0. The van der Waals surface area contributed by atoms with Crippen molar-refractivity contribution in [2.75, 3.05) is 26.2 Å². The molecular weight excluding hydrogens is 267 g/mol. The van der Waals surface area contributed by atoms with Crippen LogP contribution in [-0.2, 0) is 0 Å². The minimum absolute atomic E-state index is 0. The predicted octanol–water partition coefficient (Wildman–Crippen LogP) is -1.85. The smallest absolute Gasteiger partial charge is 1.00 e. The van der Waals surface area contributed by atoms with Crippen LogP contribution in [0.25, 0.3) is 0 Å². The van der Waals surface area contributed by atoms with Crippen LogP contribution in [0.3, 0.4) is 0 Å². The van der Waals surface area contributed by atoms with Gasteiger partial charge in [-0.05, 0) is 0 Å². The van der Waals surface area contributed by atoms with Crippen molar-refractivity contribution in [3.05, 3.63) is 0 Å². The Hall–Kier alpha value is 2.12. The third-order valence-electron chi connectivity index (χ3n) is 1.82. The van der Waals surface area contributed by atoms with Gasteiger partial charge in [-0.2, -0.15) is 0 Å². The van der Waals surface area contributed by atoms with E-state index in [0.717, 1.165) is 26.2 Å². The molecule has 0 atom stereocenters. The second kappa shape index (κ2) is 7.40. The van der Waals surface area contributed by atoms with Crippen LogP contribution < -0.4 is 51.4 Å². The van der Waals surface area contributed by atoms with Crippen LogP contribution in [-0.4, -0.2) is 44.6 Å². The van der Waals surface area contributed by atoms with Gasteiger partial charge in [0.15, 0.2) is 0 Å².